The maximum absolute atomic E-state index is 11.8. The van der Waals surface area contributed by atoms with Gasteiger partial charge in [0.1, 0.15) is 0 Å². The molecule has 1 atom stereocenters. The van der Waals surface area contributed by atoms with E-state index in [4.69, 9.17) is 4.18 Å². The van der Waals surface area contributed by atoms with Crippen LogP contribution in [0.15, 0.2) is 12.2 Å². The summed E-state index contributed by atoms with van der Waals surface area (Å²) in [6, 6.07) is 0. The van der Waals surface area contributed by atoms with Crippen molar-refractivity contribution >= 4 is 45.9 Å². The van der Waals surface area contributed by atoms with Gasteiger partial charge in [0.05, 0.1) is 12.7 Å². The van der Waals surface area contributed by atoms with Crippen LogP contribution in [0.5, 0.6) is 0 Å². The molecule has 0 amide bonds. The number of hydrogen-bond donors (Lipinski definition) is 1. The first-order valence-electron chi connectivity index (χ1n) is 14.4. The zero-order valence-corrected chi connectivity index (χ0v) is 23.5. The number of aliphatic hydroxyl groups is 1. The fourth-order valence-electron chi connectivity index (χ4n) is 3.93. The van der Waals surface area contributed by atoms with Gasteiger partial charge < -0.3 is 9.29 Å². The van der Waals surface area contributed by atoms with Crippen molar-refractivity contribution in [3.8, 4) is 0 Å². The Bertz CT molecular complexity index is 609. The second kappa shape index (κ2) is 28.1. The van der Waals surface area contributed by atoms with Crippen molar-refractivity contribution in [2.45, 2.75) is 155 Å². The van der Waals surface area contributed by atoms with Crippen molar-refractivity contribution in [2.75, 3.05) is 6.61 Å². The Morgan fingerprint density at radius 3 is 1.92 bits per heavy atom. The first-order valence-corrected chi connectivity index (χ1v) is 15.7. The van der Waals surface area contributed by atoms with Gasteiger partial charge in [0.25, 0.3) is 0 Å². The summed E-state index contributed by atoms with van der Waals surface area (Å²) >= 11 is 0. The summed E-state index contributed by atoms with van der Waals surface area (Å²) in [6.07, 6.45) is 25.0. The third kappa shape index (κ3) is 28.6. The quantitative estimate of drug-likeness (QED) is 0.0701. The molecular weight excluding hydrogens is 487 g/mol. The van der Waals surface area contributed by atoms with Crippen LogP contribution < -0.4 is 0 Å². The summed E-state index contributed by atoms with van der Waals surface area (Å²) in [6.45, 7) is 4.45. The minimum atomic E-state index is -4.24. The standard InChI is InChI=1S/C28H54O6S.Na.H/c1-3-5-7-9-10-15-18-22-26-33-35(31,32)34-28(30)25-21-17-14-12-11-13-16-20-24-27(29)23-19-8-6-4-2;;/h16,20,27,29H,3-15,17-19,21-26H2,1-2H3;;/b20-16-;;/t27-;;/m1../s1. The van der Waals surface area contributed by atoms with E-state index in [-0.39, 0.29) is 48.7 Å². The van der Waals surface area contributed by atoms with Gasteiger partial charge >= 0.3 is 45.9 Å². The number of allylic oxidation sites excluding steroid dienone is 1. The van der Waals surface area contributed by atoms with Gasteiger partial charge in [-0.05, 0) is 38.5 Å². The van der Waals surface area contributed by atoms with Crippen LogP contribution in [0.25, 0.3) is 0 Å². The van der Waals surface area contributed by atoms with Crippen LogP contribution in [0.3, 0.4) is 0 Å². The molecule has 0 aliphatic heterocycles. The molecule has 1 N–H and O–H groups in total. The summed E-state index contributed by atoms with van der Waals surface area (Å²) in [7, 11) is -4.24. The number of hydrogen-bond acceptors (Lipinski definition) is 6. The van der Waals surface area contributed by atoms with Crippen LogP contribution in [-0.2, 0) is 23.6 Å². The van der Waals surface area contributed by atoms with Crippen LogP contribution in [0.4, 0.5) is 0 Å². The summed E-state index contributed by atoms with van der Waals surface area (Å²) in [4.78, 5) is 11.8. The van der Waals surface area contributed by atoms with E-state index in [9.17, 15) is 18.3 Å². The van der Waals surface area contributed by atoms with Gasteiger partial charge in [0, 0.05) is 6.42 Å². The van der Waals surface area contributed by atoms with Crippen molar-refractivity contribution in [1.29, 1.82) is 0 Å². The van der Waals surface area contributed by atoms with Gasteiger partial charge in [-0.15, -0.1) is 0 Å². The Balaban J connectivity index is 0. The number of rotatable bonds is 26. The fraction of sp³-hybridized carbons (Fsp3) is 0.893. The van der Waals surface area contributed by atoms with E-state index < -0.39 is 16.4 Å². The SMILES string of the molecule is CCCCCCCCCCOS(=O)(=O)OC(=O)CCCCCCC/C=C\C[C@H](O)CCCCCC.[NaH]. The Morgan fingerprint density at radius 2 is 1.28 bits per heavy atom. The van der Waals surface area contributed by atoms with Gasteiger partial charge in [-0.3, -0.25) is 4.79 Å². The molecule has 8 heteroatoms. The molecule has 210 valence electrons. The van der Waals surface area contributed by atoms with Gasteiger partial charge in [0.2, 0.25) is 0 Å². The van der Waals surface area contributed by atoms with Gasteiger partial charge in [0.15, 0.2) is 0 Å². The number of aliphatic hydroxyl groups excluding tert-OH is 1. The molecule has 0 saturated heterocycles. The summed E-state index contributed by atoms with van der Waals surface area (Å²) in [5.41, 5.74) is 0. The Hall–Kier alpha value is 0.0800. The topological polar surface area (TPSA) is 89.9 Å². The number of carbonyl (C=O) groups excluding carboxylic acids is 1. The van der Waals surface area contributed by atoms with E-state index in [0.717, 1.165) is 64.2 Å². The van der Waals surface area contributed by atoms with E-state index >= 15 is 0 Å². The van der Waals surface area contributed by atoms with Gasteiger partial charge in [-0.1, -0.05) is 116 Å². The first kappa shape index (κ1) is 38.2. The average Bonchev–Trinajstić information content (AvgIpc) is 2.81. The molecule has 0 spiro atoms. The van der Waals surface area contributed by atoms with Crippen LogP contribution in [0.1, 0.15) is 149 Å². The fourth-order valence-corrected chi connectivity index (χ4v) is 4.62. The Labute approximate surface area is 245 Å². The predicted octanol–water partition coefficient (Wildman–Crippen LogP) is 7.29. The summed E-state index contributed by atoms with van der Waals surface area (Å²) in [5, 5.41) is 9.93. The third-order valence-corrected chi connectivity index (χ3v) is 6.98. The van der Waals surface area contributed by atoms with Gasteiger partial charge in [-0.2, -0.15) is 8.42 Å². The second-order valence-corrected chi connectivity index (χ2v) is 10.9. The van der Waals surface area contributed by atoms with Crippen LogP contribution in [-0.4, -0.2) is 61.8 Å². The molecule has 0 aromatic heterocycles. The average molecular weight is 543 g/mol. The minimum absolute atomic E-state index is 0. The van der Waals surface area contributed by atoms with Crippen molar-refractivity contribution < 1.29 is 26.7 Å². The zero-order chi connectivity index (χ0) is 26.0. The second-order valence-electron chi connectivity index (χ2n) is 9.68. The van der Waals surface area contributed by atoms with Crippen molar-refractivity contribution in [1.82, 2.24) is 0 Å². The summed E-state index contributed by atoms with van der Waals surface area (Å²) in [5.74, 6) is -0.739. The predicted molar refractivity (Wildman–Crippen MR) is 152 cm³/mol. The molecule has 0 rings (SSSR count). The van der Waals surface area contributed by atoms with Crippen LogP contribution >= 0.6 is 0 Å². The molecule has 6 nitrogen and oxygen atoms in total. The Morgan fingerprint density at radius 1 is 0.750 bits per heavy atom. The van der Waals surface area contributed by atoms with Crippen molar-refractivity contribution in [2.24, 2.45) is 0 Å². The Kier molecular flexibility index (Phi) is 29.8. The zero-order valence-electron chi connectivity index (χ0n) is 22.7. The van der Waals surface area contributed by atoms with E-state index in [1.807, 2.05) is 0 Å². The number of carbonyl (C=O) groups is 1. The van der Waals surface area contributed by atoms with Gasteiger partial charge in [-0.25, -0.2) is 4.18 Å². The molecule has 0 bridgehead atoms. The molecule has 0 radical (unpaired) electrons. The molecule has 0 aromatic rings. The molecule has 0 aliphatic carbocycles. The molecule has 0 aromatic carbocycles. The molecule has 0 unspecified atom stereocenters. The van der Waals surface area contributed by atoms with E-state index in [1.165, 1.54) is 51.4 Å². The normalized spacial score (nSPS) is 12.5. The molecule has 36 heavy (non-hydrogen) atoms. The van der Waals surface area contributed by atoms with E-state index in [0.29, 0.717) is 12.8 Å². The van der Waals surface area contributed by atoms with Crippen LogP contribution in [0.2, 0.25) is 0 Å². The summed E-state index contributed by atoms with van der Waals surface area (Å²) < 4.78 is 32.8. The molecular formula is C28H55NaO6S. The molecule has 0 aliphatic rings. The van der Waals surface area contributed by atoms with Crippen molar-refractivity contribution in [3.05, 3.63) is 12.2 Å². The molecule has 0 saturated carbocycles. The third-order valence-electron chi connectivity index (χ3n) is 6.14. The van der Waals surface area contributed by atoms with Crippen molar-refractivity contribution in [3.63, 3.8) is 0 Å². The van der Waals surface area contributed by atoms with Crippen LogP contribution in [0, 0.1) is 0 Å². The van der Waals surface area contributed by atoms with E-state index in [2.05, 4.69) is 30.2 Å². The first-order chi connectivity index (χ1) is 16.9. The number of unbranched alkanes of at least 4 members (excludes halogenated alkanes) is 15. The monoisotopic (exact) mass is 542 g/mol. The molecule has 0 heterocycles. The maximum atomic E-state index is 11.8. The molecule has 0 fully saturated rings. The van der Waals surface area contributed by atoms with E-state index in [1.54, 1.807) is 0 Å².